The lowest BCUT2D eigenvalue weighted by molar-refractivity contribution is -0.122. The van der Waals surface area contributed by atoms with Crippen LogP contribution >= 0.6 is 0 Å². The molecule has 2 aromatic carbocycles. The second-order valence-electron chi connectivity index (χ2n) is 5.62. The molecule has 1 amide bonds. The summed E-state index contributed by atoms with van der Waals surface area (Å²) in [5.41, 5.74) is 0.652. The molecule has 7 heteroatoms. The van der Waals surface area contributed by atoms with E-state index in [1.165, 1.54) is 24.3 Å². The molecule has 1 unspecified atom stereocenters. The summed E-state index contributed by atoms with van der Waals surface area (Å²) >= 11 is 0. The van der Waals surface area contributed by atoms with Crippen molar-refractivity contribution in [3.05, 3.63) is 59.9 Å². The predicted molar refractivity (Wildman–Crippen MR) is 90.8 cm³/mol. The maximum atomic E-state index is 13.4. The van der Waals surface area contributed by atoms with Crippen molar-refractivity contribution in [1.29, 1.82) is 0 Å². The van der Waals surface area contributed by atoms with E-state index < -0.39 is 12.4 Å². The molecule has 2 aromatic rings. The highest BCUT2D eigenvalue weighted by atomic mass is 19.3. The number of ether oxygens (including phenoxy) is 2. The average Bonchev–Trinajstić information content (AvgIpc) is 2.59. The van der Waals surface area contributed by atoms with Gasteiger partial charge in [-0.1, -0.05) is 24.3 Å². The van der Waals surface area contributed by atoms with Crippen LogP contribution in [0.2, 0.25) is 0 Å². The van der Waals surface area contributed by atoms with Gasteiger partial charge in [0, 0.05) is 6.42 Å². The van der Waals surface area contributed by atoms with E-state index in [1.54, 1.807) is 31.2 Å². The minimum atomic E-state index is -2.90. The minimum Gasteiger partial charge on any atom is -0.491 e. The monoisotopic (exact) mass is 367 g/mol. The Morgan fingerprint density at radius 3 is 2.65 bits per heavy atom. The zero-order valence-electron chi connectivity index (χ0n) is 14.3. The third kappa shape index (κ3) is 6.31. The number of alkyl halides is 2. The fourth-order valence-corrected chi connectivity index (χ4v) is 2.33. The molecule has 0 aromatic heterocycles. The van der Waals surface area contributed by atoms with Crippen molar-refractivity contribution >= 4 is 5.91 Å². The second-order valence-corrected chi connectivity index (χ2v) is 5.62. The van der Waals surface area contributed by atoms with E-state index in [1.807, 2.05) is 0 Å². The Morgan fingerprint density at radius 1 is 1.15 bits per heavy atom. The number of rotatable bonds is 9. The molecule has 0 saturated carbocycles. The summed E-state index contributed by atoms with van der Waals surface area (Å²) in [6.07, 6.45) is 0.618. The van der Waals surface area contributed by atoms with Crippen LogP contribution in [-0.2, 0) is 4.79 Å². The molecule has 0 aliphatic carbocycles. The average molecular weight is 367 g/mol. The first-order valence-electron chi connectivity index (χ1n) is 8.17. The standard InChI is InChI=1S/C19H20F3NO3/c1-13(14-6-4-7-15(12-14)26-19(21)22)23-18(24)10-5-11-25-17-9-3-2-8-16(17)20/h2-4,6-9,12-13,19H,5,10-11H2,1H3,(H,23,24). The molecule has 1 atom stereocenters. The Bertz CT molecular complexity index is 725. The predicted octanol–water partition coefficient (Wildman–Crippen LogP) is 4.46. The first-order chi connectivity index (χ1) is 12.5. The summed E-state index contributed by atoms with van der Waals surface area (Å²) in [5, 5.41) is 2.78. The van der Waals surface area contributed by atoms with Crippen LogP contribution in [0.1, 0.15) is 31.4 Å². The normalized spacial score (nSPS) is 11.9. The van der Waals surface area contributed by atoms with E-state index in [2.05, 4.69) is 10.1 Å². The minimum absolute atomic E-state index is 0.0388. The molecule has 0 aliphatic rings. The molecular formula is C19H20F3NO3. The Kier molecular flexibility index (Phi) is 7.32. The number of para-hydroxylation sites is 1. The SMILES string of the molecule is CC(NC(=O)CCCOc1ccccc1F)c1cccc(OC(F)F)c1. The van der Waals surface area contributed by atoms with Crippen LogP contribution in [0.4, 0.5) is 13.2 Å². The number of benzene rings is 2. The smallest absolute Gasteiger partial charge is 0.387 e. The Hall–Kier alpha value is -2.70. The van der Waals surface area contributed by atoms with Gasteiger partial charge in [-0.2, -0.15) is 8.78 Å². The van der Waals surface area contributed by atoms with E-state index >= 15 is 0 Å². The molecule has 0 bridgehead atoms. The van der Waals surface area contributed by atoms with Crippen LogP contribution in [0.3, 0.4) is 0 Å². The zero-order valence-corrected chi connectivity index (χ0v) is 14.3. The maximum absolute atomic E-state index is 13.4. The summed E-state index contributed by atoms with van der Waals surface area (Å²) in [6.45, 7) is -0.944. The van der Waals surface area contributed by atoms with Crippen LogP contribution < -0.4 is 14.8 Å². The number of hydrogen-bond donors (Lipinski definition) is 1. The zero-order chi connectivity index (χ0) is 18.9. The summed E-state index contributed by atoms with van der Waals surface area (Å²) in [5.74, 6) is -0.472. The largest absolute Gasteiger partial charge is 0.491 e. The lowest BCUT2D eigenvalue weighted by Crippen LogP contribution is -2.26. The van der Waals surface area contributed by atoms with Crippen LogP contribution in [0.25, 0.3) is 0 Å². The van der Waals surface area contributed by atoms with Gasteiger partial charge in [-0.3, -0.25) is 4.79 Å². The Morgan fingerprint density at radius 2 is 1.92 bits per heavy atom. The summed E-state index contributed by atoms with van der Waals surface area (Å²) in [4.78, 5) is 12.0. The van der Waals surface area contributed by atoms with Gasteiger partial charge in [-0.25, -0.2) is 4.39 Å². The van der Waals surface area contributed by atoms with Crippen molar-refractivity contribution in [3.63, 3.8) is 0 Å². The maximum Gasteiger partial charge on any atom is 0.387 e. The molecule has 0 radical (unpaired) electrons. The van der Waals surface area contributed by atoms with Crippen molar-refractivity contribution in [2.75, 3.05) is 6.61 Å². The first kappa shape index (κ1) is 19.6. The Labute approximate surface area is 149 Å². The molecule has 0 fully saturated rings. The van der Waals surface area contributed by atoms with Gasteiger partial charge in [0.25, 0.3) is 0 Å². The summed E-state index contributed by atoms with van der Waals surface area (Å²) < 4.78 is 47.5. The number of carbonyl (C=O) groups is 1. The van der Waals surface area contributed by atoms with Gasteiger partial charge in [0.2, 0.25) is 5.91 Å². The van der Waals surface area contributed by atoms with Gasteiger partial charge < -0.3 is 14.8 Å². The van der Waals surface area contributed by atoms with Crippen molar-refractivity contribution in [3.8, 4) is 11.5 Å². The van der Waals surface area contributed by atoms with Crippen molar-refractivity contribution in [2.45, 2.75) is 32.4 Å². The highest BCUT2D eigenvalue weighted by Crippen LogP contribution is 2.21. The molecule has 4 nitrogen and oxygen atoms in total. The fraction of sp³-hybridized carbons (Fsp3) is 0.316. The molecule has 1 N–H and O–H groups in total. The van der Waals surface area contributed by atoms with E-state index in [9.17, 15) is 18.0 Å². The third-order valence-corrected chi connectivity index (χ3v) is 3.60. The van der Waals surface area contributed by atoms with E-state index in [0.717, 1.165) is 0 Å². The lowest BCUT2D eigenvalue weighted by Gasteiger charge is -2.15. The summed E-state index contributed by atoms with van der Waals surface area (Å²) in [6, 6.07) is 11.9. The van der Waals surface area contributed by atoms with Gasteiger partial charge in [-0.05, 0) is 43.2 Å². The van der Waals surface area contributed by atoms with E-state index in [0.29, 0.717) is 12.0 Å². The van der Waals surface area contributed by atoms with Gasteiger partial charge in [0.1, 0.15) is 5.75 Å². The van der Waals surface area contributed by atoms with Crippen molar-refractivity contribution in [1.82, 2.24) is 5.32 Å². The van der Waals surface area contributed by atoms with Gasteiger partial charge in [-0.15, -0.1) is 0 Å². The van der Waals surface area contributed by atoms with Crippen LogP contribution in [-0.4, -0.2) is 19.1 Å². The number of amides is 1. The van der Waals surface area contributed by atoms with Gasteiger partial charge in [0.15, 0.2) is 11.6 Å². The third-order valence-electron chi connectivity index (χ3n) is 3.60. The number of hydrogen-bond acceptors (Lipinski definition) is 3. The van der Waals surface area contributed by atoms with E-state index in [4.69, 9.17) is 4.74 Å². The first-order valence-corrected chi connectivity index (χ1v) is 8.17. The lowest BCUT2D eigenvalue weighted by atomic mass is 10.1. The van der Waals surface area contributed by atoms with Crippen LogP contribution in [0, 0.1) is 5.82 Å². The molecule has 140 valence electrons. The van der Waals surface area contributed by atoms with Crippen LogP contribution in [0.15, 0.2) is 48.5 Å². The molecule has 0 heterocycles. The molecular weight excluding hydrogens is 347 g/mol. The highest BCUT2D eigenvalue weighted by Gasteiger charge is 2.12. The number of carbonyl (C=O) groups excluding carboxylic acids is 1. The summed E-state index contributed by atoms with van der Waals surface area (Å²) in [7, 11) is 0. The molecule has 2 rings (SSSR count). The van der Waals surface area contributed by atoms with Crippen molar-refractivity contribution in [2.24, 2.45) is 0 Å². The molecule has 0 saturated heterocycles. The van der Waals surface area contributed by atoms with E-state index in [-0.39, 0.29) is 36.5 Å². The van der Waals surface area contributed by atoms with Crippen LogP contribution in [0.5, 0.6) is 11.5 Å². The quantitative estimate of drug-likeness (QED) is 0.666. The molecule has 0 aliphatic heterocycles. The highest BCUT2D eigenvalue weighted by molar-refractivity contribution is 5.76. The molecule has 0 spiro atoms. The van der Waals surface area contributed by atoms with Crippen molar-refractivity contribution < 1.29 is 27.4 Å². The number of halogens is 3. The number of nitrogens with one attached hydrogen (secondary N) is 1. The molecule has 26 heavy (non-hydrogen) atoms. The van der Waals surface area contributed by atoms with Gasteiger partial charge in [0.05, 0.1) is 12.6 Å². The second kappa shape index (κ2) is 9.70. The topological polar surface area (TPSA) is 47.6 Å². The van der Waals surface area contributed by atoms with Gasteiger partial charge >= 0.3 is 6.61 Å². The Balaban J connectivity index is 1.76. The fourth-order valence-electron chi connectivity index (χ4n) is 2.33.